The molecular weight excluding hydrogens is 246 g/mol. The fraction of sp³-hybridized carbons (Fsp3) is 0.222. The Hall–Kier alpha value is -2.06. The second-order valence-corrected chi connectivity index (χ2v) is 5.78. The summed E-state index contributed by atoms with van der Waals surface area (Å²) in [7, 11) is 0. The van der Waals surface area contributed by atoms with Gasteiger partial charge in [-0.2, -0.15) is 0 Å². The Kier molecular flexibility index (Phi) is 2.91. The van der Waals surface area contributed by atoms with Crippen molar-refractivity contribution in [3.63, 3.8) is 0 Å². The van der Waals surface area contributed by atoms with Crippen molar-refractivity contribution in [2.45, 2.75) is 26.4 Å². The average Bonchev–Trinajstić information content (AvgIpc) is 2.79. The summed E-state index contributed by atoms with van der Waals surface area (Å²) >= 11 is 0. The van der Waals surface area contributed by atoms with Crippen molar-refractivity contribution in [2.75, 3.05) is 0 Å². The summed E-state index contributed by atoms with van der Waals surface area (Å²) in [5.41, 5.74) is 3.60. The predicted octanol–water partition coefficient (Wildman–Crippen LogP) is 4.17. The molecule has 0 fully saturated rings. The summed E-state index contributed by atoms with van der Waals surface area (Å²) in [5.74, 6) is 0. The van der Waals surface area contributed by atoms with E-state index >= 15 is 0 Å². The van der Waals surface area contributed by atoms with E-state index in [1.807, 2.05) is 44.3 Å². The van der Waals surface area contributed by atoms with Crippen LogP contribution in [0, 0.1) is 6.92 Å². The van der Waals surface area contributed by atoms with Crippen LogP contribution in [0.25, 0.3) is 16.6 Å². The maximum absolute atomic E-state index is 10.4. The van der Waals surface area contributed by atoms with E-state index in [4.69, 9.17) is 0 Å². The zero-order valence-electron chi connectivity index (χ0n) is 12.1. The number of hydrogen-bond acceptors (Lipinski definition) is 1. The summed E-state index contributed by atoms with van der Waals surface area (Å²) in [6.07, 6.45) is 2.05. The molecule has 2 nitrogen and oxygen atoms in total. The van der Waals surface area contributed by atoms with Crippen molar-refractivity contribution >= 4 is 10.9 Å². The SMILES string of the molecule is Cc1ccccc1-n1cc(C(C)(C)O)c2ccccc21. The van der Waals surface area contributed by atoms with Gasteiger partial charge in [0.15, 0.2) is 0 Å². The van der Waals surface area contributed by atoms with Crippen molar-refractivity contribution in [2.24, 2.45) is 0 Å². The Morgan fingerprint density at radius 1 is 0.950 bits per heavy atom. The molecule has 0 saturated heterocycles. The van der Waals surface area contributed by atoms with E-state index < -0.39 is 5.60 Å². The predicted molar refractivity (Wildman–Crippen MR) is 83.3 cm³/mol. The van der Waals surface area contributed by atoms with Gasteiger partial charge >= 0.3 is 0 Å². The highest BCUT2D eigenvalue weighted by molar-refractivity contribution is 5.86. The molecule has 0 aliphatic rings. The smallest absolute Gasteiger partial charge is 0.0861 e. The molecule has 2 heteroatoms. The molecule has 0 radical (unpaired) electrons. The van der Waals surface area contributed by atoms with Gasteiger partial charge in [-0.1, -0.05) is 36.4 Å². The topological polar surface area (TPSA) is 25.2 Å². The molecule has 1 aromatic heterocycles. The minimum atomic E-state index is -0.854. The summed E-state index contributed by atoms with van der Waals surface area (Å²) in [5, 5.41) is 11.5. The van der Waals surface area contributed by atoms with Crippen LogP contribution in [0.2, 0.25) is 0 Å². The van der Waals surface area contributed by atoms with Crippen LogP contribution < -0.4 is 0 Å². The first kappa shape index (κ1) is 12.9. The molecule has 20 heavy (non-hydrogen) atoms. The summed E-state index contributed by atoms with van der Waals surface area (Å²) in [4.78, 5) is 0. The largest absolute Gasteiger partial charge is 0.386 e. The minimum Gasteiger partial charge on any atom is -0.386 e. The first-order valence-electron chi connectivity index (χ1n) is 6.87. The van der Waals surface area contributed by atoms with Gasteiger partial charge in [0.05, 0.1) is 11.1 Å². The number of benzene rings is 2. The molecule has 102 valence electrons. The number of aromatic nitrogens is 1. The lowest BCUT2D eigenvalue weighted by Crippen LogP contribution is -2.14. The van der Waals surface area contributed by atoms with E-state index in [9.17, 15) is 5.11 Å². The second kappa shape index (κ2) is 4.50. The number of para-hydroxylation sites is 2. The lowest BCUT2D eigenvalue weighted by atomic mass is 9.98. The highest BCUT2D eigenvalue weighted by atomic mass is 16.3. The van der Waals surface area contributed by atoms with Crippen LogP contribution in [0.3, 0.4) is 0 Å². The number of fused-ring (bicyclic) bond motifs is 1. The normalized spacial score (nSPS) is 12.0. The van der Waals surface area contributed by atoms with E-state index in [1.54, 1.807) is 0 Å². The molecule has 3 rings (SSSR count). The molecule has 2 aromatic carbocycles. The van der Waals surface area contributed by atoms with Gasteiger partial charge in [0.1, 0.15) is 0 Å². The first-order chi connectivity index (χ1) is 9.48. The van der Waals surface area contributed by atoms with Gasteiger partial charge in [-0.05, 0) is 38.5 Å². The standard InChI is InChI=1S/C18H19NO/c1-13-8-4-6-10-16(13)19-12-15(18(2,3)20)14-9-5-7-11-17(14)19/h4-12,20H,1-3H3. The van der Waals surface area contributed by atoms with Gasteiger partial charge in [-0.15, -0.1) is 0 Å². The van der Waals surface area contributed by atoms with Gasteiger partial charge in [-0.25, -0.2) is 0 Å². The molecule has 0 spiro atoms. The third kappa shape index (κ3) is 2.02. The van der Waals surface area contributed by atoms with Gasteiger partial charge in [-0.3, -0.25) is 0 Å². The van der Waals surface area contributed by atoms with E-state index in [-0.39, 0.29) is 0 Å². The Morgan fingerprint density at radius 2 is 1.60 bits per heavy atom. The molecule has 0 aliphatic heterocycles. The Bertz CT molecular complexity index is 762. The number of rotatable bonds is 2. The number of aliphatic hydroxyl groups is 1. The van der Waals surface area contributed by atoms with Crippen molar-refractivity contribution in [3.8, 4) is 5.69 Å². The minimum absolute atomic E-state index is 0.854. The fourth-order valence-corrected chi connectivity index (χ4v) is 2.70. The van der Waals surface area contributed by atoms with Gasteiger partial charge in [0.25, 0.3) is 0 Å². The second-order valence-electron chi connectivity index (χ2n) is 5.78. The molecule has 0 aliphatic carbocycles. The fourth-order valence-electron chi connectivity index (χ4n) is 2.70. The van der Waals surface area contributed by atoms with E-state index in [0.717, 1.165) is 22.2 Å². The van der Waals surface area contributed by atoms with Gasteiger partial charge in [0.2, 0.25) is 0 Å². The Labute approximate surface area is 119 Å². The number of hydrogen-bond donors (Lipinski definition) is 1. The summed E-state index contributed by atoms with van der Waals surface area (Å²) in [6, 6.07) is 16.5. The lowest BCUT2D eigenvalue weighted by molar-refractivity contribution is 0.0801. The van der Waals surface area contributed by atoms with Crippen molar-refractivity contribution in [1.29, 1.82) is 0 Å². The maximum atomic E-state index is 10.4. The third-order valence-electron chi connectivity index (χ3n) is 3.75. The van der Waals surface area contributed by atoms with E-state index in [1.165, 1.54) is 5.56 Å². The number of nitrogens with zero attached hydrogens (tertiary/aromatic N) is 1. The number of aryl methyl sites for hydroxylation is 1. The Balaban J connectivity index is 2.36. The van der Waals surface area contributed by atoms with Gasteiger partial charge < -0.3 is 9.67 Å². The molecule has 0 bridgehead atoms. The first-order valence-corrected chi connectivity index (χ1v) is 6.87. The van der Waals surface area contributed by atoms with Crippen molar-refractivity contribution in [3.05, 3.63) is 65.9 Å². The molecule has 1 N–H and O–H groups in total. The maximum Gasteiger partial charge on any atom is 0.0861 e. The lowest BCUT2D eigenvalue weighted by Gasteiger charge is -2.16. The van der Waals surface area contributed by atoms with Crippen LogP contribution in [0.15, 0.2) is 54.7 Å². The third-order valence-corrected chi connectivity index (χ3v) is 3.75. The van der Waals surface area contributed by atoms with Crippen LogP contribution in [0.5, 0.6) is 0 Å². The molecule has 3 aromatic rings. The highest BCUT2D eigenvalue weighted by Crippen LogP contribution is 2.32. The van der Waals surface area contributed by atoms with Gasteiger partial charge in [0, 0.05) is 22.8 Å². The van der Waals surface area contributed by atoms with E-state index in [2.05, 4.69) is 35.8 Å². The monoisotopic (exact) mass is 265 g/mol. The molecule has 0 unspecified atom stereocenters. The van der Waals surface area contributed by atoms with Crippen molar-refractivity contribution < 1.29 is 5.11 Å². The zero-order chi connectivity index (χ0) is 14.3. The van der Waals surface area contributed by atoms with E-state index in [0.29, 0.717) is 0 Å². The molecule has 0 atom stereocenters. The summed E-state index contributed by atoms with van der Waals surface area (Å²) < 4.78 is 2.16. The zero-order valence-corrected chi connectivity index (χ0v) is 12.1. The molecule has 0 saturated carbocycles. The van der Waals surface area contributed by atoms with Crippen LogP contribution in [-0.4, -0.2) is 9.67 Å². The van der Waals surface area contributed by atoms with Crippen molar-refractivity contribution in [1.82, 2.24) is 4.57 Å². The quantitative estimate of drug-likeness (QED) is 0.739. The average molecular weight is 265 g/mol. The van der Waals surface area contributed by atoms with Crippen LogP contribution >= 0.6 is 0 Å². The molecular formula is C18H19NO. The summed E-state index contributed by atoms with van der Waals surface area (Å²) in [6.45, 7) is 5.77. The Morgan fingerprint density at radius 3 is 2.30 bits per heavy atom. The molecule has 0 amide bonds. The highest BCUT2D eigenvalue weighted by Gasteiger charge is 2.22. The molecule has 1 heterocycles. The van der Waals surface area contributed by atoms with Crippen LogP contribution in [0.4, 0.5) is 0 Å². The van der Waals surface area contributed by atoms with Crippen LogP contribution in [0.1, 0.15) is 25.0 Å². The van der Waals surface area contributed by atoms with Crippen LogP contribution in [-0.2, 0) is 5.60 Å².